The number of amides is 1. The zero-order chi connectivity index (χ0) is 20.8. The number of rotatable bonds is 7. The van der Waals surface area contributed by atoms with E-state index < -0.39 is 0 Å². The van der Waals surface area contributed by atoms with Crippen LogP contribution in [0.3, 0.4) is 0 Å². The fourth-order valence-electron chi connectivity index (χ4n) is 2.71. The summed E-state index contributed by atoms with van der Waals surface area (Å²) in [7, 11) is 3.15. The number of carbonyl (C=O) groups is 1. The van der Waals surface area contributed by atoms with E-state index in [0.717, 1.165) is 11.4 Å². The maximum absolute atomic E-state index is 12.4. The topological polar surface area (TPSA) is 85.4 Å². The first-order valence-corrected chi connectivity index (χ1v) is 9.22. The molecule has 0 unspecified atom stereocenters. The van der Waals surface area contributed by atoms with Crippen molar-refractivity contribution in [3.63, 3.8) is 0 Å². The summed E-state index contributed by atoms with van der Waals surface area (Å²) in [6.07, 6.45) is 2.96. The molecule has 150 valence electrons. The van der Waals surface area contributed by atoms with Gasteiger partial charge < -0.3 is 20.1 Å². The van der Waals surface area contributed by atoms with Crippen LogP contribution in [0.25, 0.3) is 0 Å². The van der Waals surface area contributed by atoms with Crippen molar-refractivity contribution in [1.29, 1.82) is 0 Å². The van der Waals surface area contributed by atoms with Crippen molar-refractivity contribution < 1.29 is 14.3 Å². The van der Waals surface area contributed by atoms with Gasteiger partial charge in [-0.2, -0.15) is 0 Å². The first kappa shape index (κ1) is 20.1. The summed E-state index contributed by atoms with van der Waals surface area (Å²) in [5.41, 5.74) is 3.06. The summed E-state index contributed by atoms with van der Waals surface area (Å²) in [5.74, 6) is 1.78. The van der Waals surface area contributed by atoms with E-state index in [9.17, 15) is 4.79 Å². The highest BCUT2D eigenvalue weighted by Crippen LogP contribution is 2.30. The predicted molar refractivity (Wildman–Crippen MR) is 113 cm³/mol. The molecule has 1 heterocycles. The normalized spacial score (nSPS) is 10.5. The van der Waals surface area contributed by atoms with Crippen LogP contribution in [0.5, 0.6) is 11.5 Å². The van der Waals surface area contributed by atoms with Crippen LogP contribution in [0.4, 0.5) is 17.3 Å². The Morgan fingerprint density at radius 2 is 1.52 bits per heavy atom. The molecule has 2 aromatic carbocycles. The second-order valence-electron chi connectivity index (χ2n) is 6.72. The Bertz CT molecular complexity index is 970. The minimum Gasteiger partial charge on any atom is -0.493 e. The van der Waals surface area contributed by atoms with Gasteiger partial charge in [0.1, 0.15) is 0 Å². The number of carbonyl (C=O) groups excluding carboxylic acids is 1. The summed E-state index contributed by atoms with van der Waals surface area (Å²) in [6, 6.07) is 13.2. The molecule has 3 aromatic rings. The van der Waals surface area contributed by atoms with Gasteiger partial charge in [0.25, 0.3) is 5.91 Å². The van der Waals surface area contributed by atoms with E-state index in [4.69, 9.17) is 9.47 Å². The van der Waals surface area contributed by atoms with Crippen LogP contribution in [0, 0.1) is 0 Å². The summed E-state index contributed by atoms with van der Waals surface area (Å²) in [4.78, 5) is 20.8. The molecule has 7 nitrogen and oxygen atoms in total. The third kappa shape index (κ3) is 5.01. The van der Waals surface area contributed by atoms with Crippen molar-refractivity contribution in [1.82, 2.24) is 9.97 Å². The Morgan fingerprint density at radius 3 is 2.10 bits per heavy atom. The van der Waals surface area contributed by atoms with Gasteiger partial charge in [0.05, 0.1) is 19.8 Å². The molecule has 0 saturated heterocycles. The van der Waals surface area contributed by atoms with E-state index in [1.165, 1.54) is 18.0 Å². The number of aromatic nitrogens is 2. The minimum absolute atomic E-state index is 0.264. The third-order valence-electron chi connectivity index (χ3n) is 4.39. The molecule has 0 atom stereocenters. The summed E-state index contributed by atoms with van der Waals surface area (Å²) in [5, 5.41) is 5.92. The van der Waals surface area contributed by atoms with E-state index in [1.54, 1.807) is 26.4 Å². The number of nitrogens with zero attached hydrogens (tertiary/aromatic N) is 2. The van der Waals surface area contributed by atoms with E-state index in [0.29, 0.717) is 28.9 Å². The molecule has 7 heteroatoms. The first-order valence-electron chi connectivity index (χ1n) is 9.22. The smallest absolute Gasteiger partial charge is 0.258 e. The van der Waals surface area contributed by atoms with E-state index in [2.05, 4.69) is 34.4 Å². The van der Waals surface area contributed by atoms with Crippen molar-refractivity contribution >= 4 is 23.2 Å². The Balaban J connectivity index is 1.65. The lowest BCUT2D eigenvalue weighted by molar-refractivity contribution is 0.102. The largest absolute Gasteiger partial charge is 0.493 e. The molecule has 0 saturated carbocycles. The Kier molecular flexibility index (Phi) is 6.29. The highest BCUT2D eigenvalue weighted by atomic mass is 16.5. The number of nitrogens with one attached hydrogen (secondary N) is 2. The van der Waals surface area contributed by atoms with Gasteiger partial charge in [-0.3, -0.25) is 4.79 Å². The first-order chi connectivity index (χ1) is 14.0. The maximum Gasteiger partial charge on any atom is 0.258 e. The predicted octanol–water partition coefficient (Wildman–Crippen LogP) is 4.61. The van der Waals surface area contributed by atoms with Crippen LogP contribution in [0.15, 0.2) is 54.9 Å². The zero-order valence-corrected chi connectivity index (χ0v) is 16.9. The van der Waals surface area contributed by atoms with E-state index in [1.807, 2.05) is 30.3 Å². The number of hydrogen-bond acceptors (Lipinski definition) is 6. The maximum atomic E-state index is 12.4. The highest BCUT2D eigenvalue weighted by molar-refractivity contribution is 6.03. The summed E-state index contributed by atoms with van der Waals surface area (Å²) >= 11 is 0. The molecule has 3 rings (SSSR count). The van der Waals surface area contributed by atoms with E-state index >= 15 is 0 Å². The lowest BCUT2D eigenvalue weighted by Crippen LogP contribution is -2.13. The average molecular weight is 392 g/mol. The Hall–Kier alpha value is -3.61. The van der Waals surface area contributed by atoms with Crippen molar-refractivity contribution in [3.8, 4) is 11.5 Å². The number of methoxy groups -OCH3 is 2. The van der Waals surface area contributed by atoms with Crippen molar-refractivity contribution in [2.45, 2.75) is 19.8 Å². The van der Waals surface area contributed by atoms with Gasteiger partial charge >= 0.3 is 0 Å². The van der Waals surface area contributed by atoms with Crippen LogP contribution in [-0.4, -0.2) is 30.1 Å². The molecule has 0 aliphatic rings. The molecule has 1 aromatic heterocycles. The average Bonchev–Trinajstić information content (AvgIpc) is 2.74. The van der Waals surface area contributed by atoms with Gasteiger partial charge in [-0.25, -0.2) is 9.97 Å². The molecule has 0 aliphatic heterocycles. The second kappa shape index (κ2) is 9.05. The molecule has 2 N–H and O–H groups in total. The Labute approximate surface area is 170 Å². The standard InChI is InChI=1S/C22H24N4O3/c1-14(2)15-5-7-17(8-6-15)25-21(27)16-12-23-22(24-13-16)26-18-9-10-19(28-3)20(11-18)29-4/h5-14H,1-4H3,(H,25,27)(H,23,24,26). The lowest BCUT2D eigenvalue weighted by atomic mass is 10.0. The molecular formula is C22H24N4O3. The monoisotopic (exact) mass is 392 g/mol. The van der Waals surface area contributed by atoms with Crippen molar-refractivity contribution in [2.75, 3.05) is 24.9 Å². The van der Waals surface area contributed by atoms with Gasteiger partial charge in [0.15, 0.2) is 11.5 Å². The number of anilines is 3. The van der Waals surface area contributed by atoms with Gasteiger partial charge in [-0.05, 0) is 35.7 Å². The summed E-state index contributed by atoms with van der Waals surface area (Å²) in [6.45, 7) is 4.26. The molecule has 1 amide bonds. The van der Waals surface area contributed by atoms with Crippen LogP contribution >= 0.6 is 0 Å². The molecular weight excluding hydrogens is 368 g/mol. The quantitative estimate of drug-likeness (QED) is 0.611. The van der Waals surface area contributed by atoms with Crippen LogP contribution in [-0.2, 0) is 0 Å². The fraction of sp³-hybridized carbons (Fsp3) is 0.227. The number of benzene rings is 2. The van der Waals surface area contributed by atoms with Gasteiger partial charge in [-0.1, -0.05) is 26.0 Å². The van der Waals surface area contributed by atoms with Crippen molar-refractivity contribution in [2.24, 2.45) is 0 Å². The SMILES string of the molecule is COc1ccc(Nc2ncc(C(=O)Nc3ccc(C(C)C)cc3)cn2)cc1OC. The minimum atomic E-state index is -0.264. The fourth-order valence-corrected chi connectivity index (χ4v) is 2.71. The number of hydrogen-bond donors (Lipinski definition) is 2. The van der Waals surface area contributed by atoms with Crippen LogP contribution in [0.1, 0.15) is 35.7 Å². The van der Waals surface area contributed by atoms with Crippen molar-refractivity contribution in [3.05, 3.63) is 66.0 Å². The highest BCUT2D eigenvalue weighted by Gasteiger charge is 2.10. The molecule has 0 fully saturated rings. The second-order valence-corrected chi connectivity index (χ2v) is 6.72. The van der Waals surface area contributed by atoms with Crippen LogP contribution in [0.2, 0.25) is 0 Å². The third-order valence-corrected chi connectivity index (χ3v) is 4.39. The molecule has 0 aliphatic carbocycles. The van der Waals surface area contributed by atoms with Gasteiger partial charge in [0, 0.05) is 29.8 Å². The van der Waals surface area contributed by atoms with Gasteiger partial charge in [0.2, 0.25) is 5.95 Å². The van der Waals surface area contributed by atoms with E-state index in [-0.39, 0.29) is 5.91 Å². The lowest BCUT2D eigenvalue weighted by Gasteiger charge is -2.11. The van der Waals surface area contributed by atoms with Gasteiger partial charge in [-0.15, -0.1) is 0 Å². The Morgan fingerprint density at radius 1 is 0.897 bits per heavy atom. The van der Waals surface area contributed by atoms with Crippen LogP contribution < -0.4 is 20.1 Å². The number of ether oxygens (including phenoxy) is 2. The molecule has 0 spiro atoms. The molecule has 0 radical (unpaired) electrons. The molecule has 29 heavy (non-hydrogen) atoms. The summed E-state index contributed by atoms with van der Waals surface area (Å²) < 4.78 is 10.5. The molecule has 0 bridgehead atoms. The zero-order valence-electron chi connectivity index (χ0n) is 16.9.